The molecule has 3 aromatic rings. The van der Waals surface area contributed by atoms with Gasteiger partial charge >= 0.3 is 0 Å². The van der Waals surface area contributed by atoms with E-state index in [2.05, 4.69) is 15.3 Å². The molecule has 0 amide bonds. The molecule has 100 valence electrons. The van der Waals surface area contributed by atoms with E-state index in [1.165, 1.54) is 5.56 Å². The number of pyridine rings is 2. The van der Waals surface area contributed by atoms with Gasteiger partial charge in [0.1, 0.15) is 5.52 Å². The normalized spacial score (nSPS) is 10.7. The van der Waals surface area contributed by atoms with Crippen LogP contribution in [-0.2, 0) is 6.42 Å². The van der Waals surface area contributed by atoms with Gasteiger partial charge in [0, 0.05) is 24.0 Å². The third-order valence-corrected chi connectivity index (χ3v) is 3.39. The van der Waals surface area contributed by atoms with Gasteiger partial charge in [-0.3, -0.25) is 9.97 Å². The zero-order valence-corrected chi connectivity index (χ0v) is 11.6. The highest BCUT2D eigenvalue weighted by molar-refractivity contribution is 6.30. The summed E-state index contributed by atoms with van der Waals surface area (Å²) in [5.41, 5.74) is 4.09. The van der Waals surface area contributed by atoms with Crippen LogP contribution in [0.25, 0.3) is 11.0 Å². The number of nitrogens with zero attached hydrogens (tertiary/aromatic N) is 2. The number of nitrogens with one attached hydrogen (secondary N) is 1. The molecule has 0 radical (unpaired) electrons. The van der Waals surface area contributed by atoms with E-state index in [4.69, 9.17) is 11.6 Å². The van der Waals surface area contributed by atoms with E-state index < -0.39 is 0 Å². The molecule has 0 aliphatic carbocycles. The van der Waals surface area contributed by atoms with Crippen LogP contribution in [0.15, 0.2) is 54.9 Å². The summed E-state index contributed by atoms with van der Waals surface area (Å²) in [7, 11) is 0. The first-order valence-electron chi connectivity index (χ1n) is 6.51. The third-order valence-electron chi connectivity index (χ3n) is 3.14. The number of halogens is 1. The summed E-state index contributed by atoms with van der Waals surface area (Å²) in [6.07, 6.45) is 4.52. The highest BCUT2D eigenvalue weighted by Crippen LogP contribution is 2.18. The van der Waals surface area contributed by atoms with Crippen molar-refractivity contribution < 1.29 is 0 Å². The lowest BCUT2D eigenvalue weighted by Gasteiger charge is -2.08. The fourth-order valence-electron chi connectivity index (χ4n) is 2.11. The van der Waals surface area contributed by atoms with Gasteiger partial charge in [-0.15, -0.1) is 0 Å². The predicted octanol–water partition coefficient (Wildman–Crippen LogP) is 3.94. The van der Waals surface area contributed by atoms with E-state index in [0.717, 1.165) is 34.7 Å². The van der Waals surface area contributed by atoms with Crippen LogP contribution >= 0.6 is 11.6 Å². The van der Waals surface area contributed by atoms with Crippen molar-refractivity contribution in [3.63, 3.8) is 0 Å². The summed E-state index contributed by atoms with van der Waals surface area (Å²) in [6, 6.07) is 13.7. The average Bonchev–Trinajstić information content (AvgIpc) is 2.49. The second-order valence-electron chi connectivity index (χ2n) is 4.53. The number of hydrogen-bond acceptors (Lipinski definition) is 3. The molecule has 2 heterocycles. The number of hydrogen-bond donors (Lipinski definition) is 1. The lowest BCUT2D eigenvalue weighted by Crippen LogP contribution is -2.05. The minimum Gasteiger partial charge on any atom is -0.383 e. The monoisotopic (exact) mass is 283 g/mol. The fourth-order valence-corrected chi connectivity index (χ4v) is 2.24. The highest BCUT2D eigenvalue weighted by Gasteiger charge is 2.02. The Morgan fingerprint density at radius 3 is 2.65 bits per heavy atom. The minimum absolute atomic E-state index is 0.769. The molecule has 0 spiro atoms. The van der Waals surface area contributed by atoms with Crippen molar-refractivity contribution in [3.05, 3.63) is 65.4 Å². The quantitative estimate of drug-likeness (QED) is 0.788. The molecule has 4 heteroatoms. The molecule has 3 nitrogen and oxygen atoms in total. The first-order valence-corrected chi connectivity index (χ1v) is 6.89. The van der Waals surface area contributed by atoms with Gasteiger partial charge in [0.15, 0.2) is 0 Å². The smallest absolute Gasteiger partial charge is 0.112 e. The number of benzene rings is 1. The average molecular weight is 284 g/mol. The van der Waals surface area contributed by atoms with Crippen molar-refractivity contribution in [2.45, 2.75) is 6.42 Å². The zero-order valence-electron chi connectivity index (χ0n) is 10.9. The molecular formula is C16H14ClN3. The Balaban J connectivity index is 1.69. The summed E-state index contributed by atoms with van der Waals surface area (Å²) in [4.78, 5) is 8.68. The molecule has 0 unspecified atom stereocenters. The predicted molar refractivity (Wildman–Crippen MR) is 83.2 cm³/mol. The SMILES string of the molecule is Clc1ccc(CCNc2ccnc3cccnc23)cc1. The van der Waals surface area contributed by atoms with Gasteiger partial charge in [-0.05, 0) is 42.3 Å². The van der Waals surface area contributed by atoms with Crippen LogP contribution in [-0.4, -0.2) is 16.5 Å². The maximum Gasteiger partial charge on any atom is 0.112 e. The van der Waals surface area contributed by atoms with E-state index in [1.807, 2.05) is 42.5 Å². The number of aromatic nitrogens is 2. The Bertz CT molecular complexity index is 705. The van der Waals surface area contributed by atoms with Crippen molar-refractivity contribution in [2.24, 2.45) is 0 Å². The second kappa shape index (κ2) is 5.88. The summed E-state index contributed by atoms with van der Waals surface area (Å²) >= 11 is 5.88. The van der Waals surface area contributed by atoms with E-state index >= 15 is 0 Å². The van der Waals surface area contributed by atoms with E-state index in [9.17, 15) is 0 Å². The van der Waals surface area contributed by atoms with Crippen LogP contribution in [0.1, 0.15) is 5.56 Å². The van der Waals surface area contributed by atoms with Gasteiger partial charge < -0.3 is 5.32 Å². The van der Waals surface area contributed by atoms with Gasteiger partial charge in [-0.2, -0.15) is 0 Å². The van der Waals surface area contributed by atoms with E-state index in [0.29, 0.717) is 0 Å². The van der Waals surface area contributed by atoms with Gasteiger partial charge in [0.25, 0.3) is 0 Å². The fraction of sp³-hybridized carbons (Fsp3) is 0.125. The molecule has 0 atom stereocenters. The molecule has 0 fully saturated rings. The number of anilines is 1. The molecule has 1 N–H and O–H groups in total. The number of rotatable bonds is 4. The van der Waals surface area contributed by atoms with E-state index in [-0.39, 0.29) is 0 Å². The van der Waals surface area contributed by atoms with Crippen molar-refractivity contribution >= 4 is 28.3 Å². The Morgan fingerprint density at radius 2 is 1.80 bits per heavy atom. The first-order chi connectivity index (χ1) is 9.83. The van der Waals surface area contributed by atoms with Gasteiger partial charge in [0.2, 0.25) is 0 Å². The lowest BCUT2D eigenvalue weighted by molar-refractivity contribution is 1.02. The third kappa shape index (κ3) is 2.89. The second-order valence-corrected chi connectivity index (χ2v) is 4.97. The lowest BCUT2D eigenvalue weighted by atomic mass is 10.1. The summed E-state index contributed by atoms with van der Waals surface area (Å²) in [5, 5.41) is 4.18. The zero-order chi connectivity index (χ0) is 13.8. The Hall–Kier alpha value is -2.13. The topological polar surface area (TPSA) is 37.8 Å². The van der Waals surface area contributed by atoms with Crippen molar-refractivity contribution in [2.75, 3.05) is 11.9 Å². The Kier molecular flexibility index (Phi) is 3.79. The summed E-state index contributed by atoms with van der Waals surface area (Å²) < 4.78 is 0. The molecular weight excluding hydrogens is 270 g/mol. The van der Waals surface area contributed by atoms with Crippen LogP contribution in [0.4, 0.5) is 5.69 Å². The molecule has 0 aliphatic heterocycles. The first kappa shape index (κ1) is 12.9. The molecule has 2 aromatic heterocycles. The molecule has 0 saturated carbocycles. The molecule has 0 saturated heterocycles. The van der Waals surface area contributed by atoms with Crippen LogP contribution < -0.4 is 5.32 Å². The van der Waals surface area contributed by atoms with Gasteiger partial charge in [-0.1, -0.05) is 23.7 Å². The maximum absolute atomic E-state index is 5.88. The summed E-state index contributed by atoms with van der Waals surface area (Å²) in [6.45, 7) is 0.845. The molecule has 0 bridgehead atoms. The molecule has 3 rings (SSSR count). The highest BCUT2D eigenvalue weighted by atomic mass is 35.5. The molecule has 0 aliphatic rings. The van der Waals surface area contributed by atoms with Crippen LogP contribution in [0, 0.1) is 0 Å². The van der Waals surface area contributed by atoms with Crippen LogP contribution in [0.3, 0.4) is 0 Å². The minimum atomic E-state index is 0.769. The molecule has 20 heavy (non-hydrogen) atoms. The van der Waals surface area contributed by atoms with Crippen molar-refractivity contribution in [1.82, 2.24) is 9.97 Å². The maximum atomic E-state index is 5.88. The van der Waals surface area contributed by atoms with Gasteiger partial charge in [0.05, 0.1) is 11.2 Å². The summed E-state index contributed by atoms with van der Waals surface area (Å²) in [5.74, 6) is 0. The van der Waals surface area contributed by atoms with Crippen LogP contribution in [0.5, 0.6) is 0 Å². The number of fused-ring (bicyclic) bond motifs is 1. The van der Waals surface area contributed by atoms with Gasteiger partial charge in [-0.25, -0.2) is 0 Å². The largest absolute Gasteiger partial charge is 0.383 e. The standard InChI is InChI=1S/C16H14ClN3/c17-13-5-3-12(4-6-13)7-10-18-15-8-11-19-14-2-1-9-20-16(14)15/h1-6,8-9,11H,7,10H2,(H,18,19). The molecule has 1 aromatic carbocycles. The van der Waals surface area contributed by atoms with Crippen molar-refractivity contribution in [1.29, 1.82) is 0 Å². The van der Waals surface area contributed by atoms with Crippen molar-refractivity contribution in [3.8, 4) is 0 Å². The Morgan fingerprint density at radius 1 is 0.950 bits per heavy atom. The van der Waals surface area contributed by atoms with E-state index in [1.54, 1.807) is 12.4 Å². The van der Waals surface area contributed by atoms with Crippen LogP contribution in [0.2, 0.25) is 5.02 Å². The Labute approximate surface area is 122 Å².